The molecule has 0 saturated heterocycles. The highest BCUT2D eigenvalue weighted by Crippen LogP contribution is 2.41. The van der Waals surface area contributed by atoms with Gasteiger partial charge in [-0.2, -0.15) is 0 Å². The summed E-state index contributed by atoms with van der Waals surface area (Å²) in [7, 11) is 2.70. The number of allylic oxidation sites excluding steroid dienone is 1. The molecule has 1 aliphatic rings. The maximum absolute atomic E-state index is 15.7. The SMILES string of the molecule is C/C=C\C(=O)N(C=O)CC(=O)NCCOC(=O)CCC(=O)c1cc2c(F)c(OCCCOc3c(OC)cc4c(c3F)CN(C(=O)CCC=O)C4)c(OC)cc2s1. The predicted molar refractivity (Wildman–Crippen MR) is 197 cm³/mol. The van der Waals surface area contributed by atoms with Gasteiger partial charge in [0.15, 0.2) is 40.4 Å². The molecule has 1 aliphatic heterocycles. The van der Waals surface area contributed by atoms with Crippen molar-refractivity contribution in [1.29, 1.82) is 0 Å². The number of carbonyl (C=O) groups excluding carboxylic acids is 7. The van der Waals surface area contributed by atoms with Crippen molar-refractivity contribution in [2.75, 3.05) is 47.1 Å². The van der Waals surface area contributed by atoms with Crippen LogP contribution in [-0.2, 0) is 46.6 Å². The van der Waals surface area contributed by atoms with Crippen molar-refractivity contribution in [1.82, 2.24) is 15.1 Å². The number of nitrogens with zero attached hydrogens (tertiary/aromatic N) is 2. The van der Waals surface area contributed by atoms with E-state index in [1.54, 1.807) is 13.0 Å². The molecule has 0 unspecified atom stereocenters. The van der Waals surface area contributed by atoms with Crippen LogP contribution in [-0.4, -0.2) is 99.1 Å². The monoisotopic (exact) mass is 801 g/mol. The molecular weight excluding hydrogens is 760 g/mol. The second-order valence-corrected chi connectivity index (χ2v) is 13.3. The highest BCUT2D eigenvalue weighted by atomic mass is 32.1. The van der Waals surface area contributed by atoms with E-state index in [2.05, 4.69) is 5.32 Å². The molecule has 2 heterocycles. The van der Waals surface area contributed by atoms with Gasteiger partial charge in [0.05, 0.1) is 45.3 Å². The van der Waals surface area contributed by atoms with E-state index < -0.39 is 41.7 Å². The van der Waals surface area contributed by atoms with Crippen LogP contribution in [0.1, 0.15) is 59.8 Å². The minimum atomic E-state index is -0.766. The van der Waals surface area contributed by atoms with Crippen molar-refractivity contribution in [2.45, 2.75) is 52.1 Å². The molecule has 15 nitrogen and oxygen atoms in total. The van der Waals surface area contributed by atoms with E-state index in [4.69, 9.17) is 23.7 Å². The number of halogens is 2. The lowest BCUT2D eigenvalue weighted by molar-refractivity contribution is -0.144. The number of fused-ring (bicyclic) bond motifs is 2. The van der Waals surface area contributed by atoms with Gasteiger partial charge in [0.2, 0.25) is 18.2 Å². The molecular formula is C38H41F2N3O12S. The second-order valence-electron chi connectivity index (χ2n) is 12.2. The number of hydrogen-bond acceptors (Lipinski definition) is 13. The lowest BCUT2D eigenvalue weighted by atomic mass is 10.1. The summed E-state index contributed by atoms with van der Waals surface area (Å²) in [6.45, 7) is 0.900. The predicted octanol–water partition coefficient (Wildman–Crippen LogP) is 4.05. The Labute approximate surface area is 324 Å². The zero-order chi connectivity index (χ0) is 40.8. The van der Waals surface area contributed by atoms with E-state index >= 15 is 8.78 Å². The fraction of sp³-hybridized carbons (Fsp3) is 0.395. The lowest BCUT2D eigenvalue weighted by Gasteiger charge is -2.15. The maximum Gasteiger partial charge on any atom is 0.306 e. The Morgan fingerprint density at radius 3 is 2.27 bits per heavy atom. The Hall–Kier alpha value is -5.91. The zero-order valence-corrected chi connectivity index (χ0v) is 31.8. The molecule has 0 saturated carbocycles. The van der Waals surface area contributed by atoms with E-state index in [1.807, 2.05) is 0 Å². The minimum Gasteiger partial charge on any atom is -0.493 e. The zero-order valence-electron chi connectivity index (χ0n) is 31.0. The van der Waals surface area contributed by atoms with E-state index in [0.717, 1.165) is 17.4 Å². The van der Waals surface area contributed by atoms with Gasteiger partial charge in [-0.05, 0) is 30.7 Å². The quantitative estimate of drug-likeness (QED) is 0.0507. The third kappa shape index (κ3) is 10.9. The Kier molecular flexibility index (Phi) is 15.8. The van der Waals surface area contributed by atoms with Gasteiger partial charge in [0.1, 0.15) is 19.4 Å². The smallest absolute Gasteiger partial charge is 0.306 e. The van der Waals surface area contributed by atoms with Crippen molar-refractivity contribution in [3.05, 3.63) is 58.0 Å². The number of hydrogen-bond donors (Lipinski definition) is 1. The number of Topliss-reactive ketones (excluding diaryl/α,β-unsaturated/α-hetero) is 1. The van der Waals surface area contributed by atoms with Gasteiger partial charge in [-0.25, -0.2) is 8.78 Å². The molecule has 300 valence electrons. The van der Waals surface area contributed by atoms with Crippen LogP contribution in [0.3, 0.4) is 0 Å². The highest BCUT2D eigenvalue weighted by molar-refractivity contribution is 7.20. The molecule has 4 amide bonds. The first-order valence-electron chi connectivity index (χ1n) is 17.5. The second kappa shape index (κ2) is 20.7. The number of amides is 4. The molecule has 56 heavy (non-hydrogen) atoms. The fourth-order valence-corrected chi connectivity index (χ4v) is 6.63. The van der Waals surface area contributed by atoms with Gasteiger partial charge in [-0.3, -0.25) is 33.7 Å². The van der Waals surface area contributed by atoms with Crippen LogP contribution in [0.25, 0.3) is 10.1 Å². The summed E-state index contributed by atoms with van der Waals surface area (Å²) in [5.41, 5.74) is 0.872. The summed E-state index contributed by atoms with van der Waals surface area (Å²) in [4.78, 5) is 85.2. The van der Waals surface area contributed by atoms with E-state index in [1.165, 1.54) is 37.3 Å². The molecule has 0 aliphatic carbocycles. The average molecular weight is 802 g/mol. The number of benzene rings is 2. The number of thiophene rings is 1. The number of aldehydes is 1. The molecule has 1 N–H and O–H groups in total. The van der Waals surface area contributed by atoms with Gasteiger partial charge in [0.25, 0.3) is 5.91 Å². The number of nitrogens with one attached hydrogen (secondary N) is 1. The molecule has 0 fully saturated rings. The third-order valence-corrected chi connectivity index (χ3v) is 9.50. The van der Waals surface area contributed by atoms with E-state index in [0.29, 0.717) is 27.0 Å². The Bertz CT molecular complexity index is 2000. The summed E-state index contributed by atoms with van der Waals surface area (Å²) in [5, 5.41) is 2.52. The Morgan fingerprint density at radius 2 is 1.61 bits per heavy atom. The minimum absolute atomic E-state index is 0.0311. The van der Waals surface area contributed by atoms with Crippen LogP contribution < -0.4 is 24.3 Å². The average Bonchev–Trinajstić information content (AvgIpc) is 3.83. The van der Waals surface area contributed by atoms with Crippen molar-refractivity contribution in [3.63, 3.8) is 0 Å². The summed E-state index contributed by atoms with van der Waals surface area (Å²) in [5.74, 6) is -4.24. The first kappa shape index (κ1) is 42.8. The molecule has 2 aromatic carbocycles. The van der Waals surface area contributed by atoms with Crippen LogP contribution >= 0.6 is 11.3 Å². The Balaban J connectivity index is 1.27. The van der Waals surface area contributed by atoms with Crippen LogP contribution in [0.5, 0.6) is 23.0 Å². The number of ketones is 1. The molecule has 0 radical (unpaired) electrons. The Morgan fingerprint density at radius 1 is 0.911 bits per heavy atom. The van der Waals surface area contributed by atoms with Crippen molar-refractivity contribution in [2.24, 2.45) is 0 Å². The van der Waals surface area contributed by atoms with Gasteiger partial charge < -0.3 is 38.7 Å². The largest absolute Gasteiger partial charge is 0.493 e. The molecule has 18 heteroatoms. The third-order valence-electron chi connectivity index (χ3n) is 8.38. The van der Waals surface area contributed by atoms with Crippen molar-refractivity contribution < 1.29 is 66.0 Å². The van der Waals surface area contributed by atoms with Crippen LogP contribution in [0, 0.1) is 11.6 Å². The molecule has 0 bridgehead atoms. The number of rotatable bonds is 22. The van der Waals surface area contributed by atoms with Crippen molar-refractivity contribution >= 4 is 63.6 Å². The number of imide groups is 1. The summed E-state index contributed by atoms with van der Waals surface area (Å²) in [6, 6.07) is 4.49. The number of esters is 1. The van der Waals surface area contributed by atoms with Gasteiger partial charge in [-0.1, -0.05) is 6.08 Å². The summed E-state index contributed by atoms with van der Waals surface area (Å²) in [6.07, 6.45) is 3.25. The van der Waals surface area contributed by atoms with E-state index in [-0.39, 0.29) is 117 Å². The molecule has 1 aromatic heterocycles. The first-order valence-corrected chi connectivity index (χ1v) is 18.3. The van der Waals surface area contributed by atoms with Crippen LogP contribution in [0.4, 0.5) is 8.78 Å². The fourth-order valence-electron chi connectivity index (χ4n) is 5.58. The van der Waals surface area contributed by atoms with Gasteiger partial charge in [0, 0.05) is 60.5 Å². The summed E-state index contributed by atoms with van der Waals surface area (Å²) < 4.78 is 58.8. The molecule has 0 atom stereocenters. The van der Waals surface area contributed by atoms with Gasteiger partial charge >= 0.3 is 5.97 Å². The standard InChI is InChI=1S/C38H41F2N3O12S/c1-4-7-32(48)43(22-45)21-31(47)41-11-15-53-34(50)10-9-26(46)30-17-24-29(56-30)18-28(52-3)38(35(24)39)55-14-6-13-54-37-27(51-2)16-23-19-42(20-25(23)36(37)40)33(49)8-5-12-44/h4,7,12,16-18,22H,5-6,8-11,13-15,19-21H2,1-3H3,(H,41,47)/b7-4-. The maximum atomic E-state index is 15.7. The van der Waals surface area contributed by atoms with Crippen molar-refractivity contribution in [3.8, 4) is 23.0 Å². The summed E-state index contributed by atoms with van der Waals surface area (Å²) >= 11 is 1.01. The first-order chi connectivity index (χ1) is 26.9. The molecule has 0 spiro atoms. The topological polar surface area (TPSA) is 184 Å². The number of ether oxygens (including phenoxy) is 5. The number of carbonyl (C=O) groups is 7. The lowest BCUT2D eigenvalue weighted by Crippen LogP contribution is -2.40. The van der Waals surface area contributed by atoms with Crippen LogP contribution in [0.15, 0.2) is 30.4 Å². The van der Waals surface area contributed by atoms with Crippen LogP contribution in [0.2, 0.25) is 0 Å². The molecule has 3 aromatic rings. The van der Waals surface area contributed by atoms with E-state index in [9.17, 15) is 33.6 Å². The normalized spacial score (nSPS) is 11.9. The van der Waals surface area contributed by atoms with Gasteiger partial charge in [-0.15, -0.1) is 11.3 Å². The molecule has 4 rings (SSSR count). The highest BCUT2D eigenvalue weighted by Gasteiger charge is 2.30. The number of methoxy groups -OCH3 is 2.